The van der Waals surface area contributed by atoms with Gasteiger partial charge in [0.2, 0.25) is 17.6 Å². The summed E-state index contributed by atoms with van der Waals surface area (Å²) in [4.78, 5) is 21.2. The molecule has 0 radical (unpaired) electrons. The first-order valence-electron chi connectivity index (χ1n) is 12.0. The molecular formula is C26H30F2N4O3. The fraction of sp³-hybridized carbons (Fsp3) is 0.423. The maximum atomic E-state index is 13.6. The van der Waals surface area contributed by atoms with Gasteiger partial charge in [-0.3, -0.25) is 9.69 Å². The Hall–Kier alpha value is -3.33. The van der Waals surface area contributed by atoms with Crippen molar-refractivity contribution in [3.8, 4) is 17.1 Å². The number of ether oxygens (including phenoxy) is 1. The monoisotopic (exact) mass is 484 g/mol. The summed E-state index contributed by atoms with van der Waals surface area (Å²) in [6.45, 7) is 6.16. The van der Waals surface area contributed by atoms with E-state index in [1.54, 1.807) is 0 Å². The van der Waals surface area contributed by atoms with E-state index in [0.29, 0.717) is 44.1 Å². The third-order valence-corrected chi connectivity index (χ3v) is 6.05. The Morgan fingerprint density at radius 3 is 2.57 bits per heavy atom. The fourth-order valence-corrected chi connectivity index (χ4v) is 4.01. The standard InChI is InChI=1S/C26H30F2N4O3/c1-19-6-8-20(9-7-19)26-29-24(35-30-26)4-2-12-31-13-15-32(16-14-31)25(33)5-3-17-34-23-11-10-21(27)18-22(23)28/h6-11,18H,2-5,12-17H2,1H3. The smallest absolute Gasteiger partial charge is 0.227 e. The van der Waals surface area contributed by atoms with Crippen molar-refractivity contribution in [2.75, 3.05) is 39.3 Å². The van der Waals surface area contributed by atoms with Crippen LogP contribution in [0.2, 0.25) is 0 Å². The summed E-state index contributed by atoms with van der Waals surface area (Å²) in [7, 11) is 0. The molecule has 0 unspecified atom stereocenters. The second-order valence-electron chi connectivity index (χ2n) is 8.73. The lowest BCUT2D eigenvalue weighted by Gasteiger charge is -2.34. The molecule has 7 nitrogen and oxygen atoms in total. The van der Waals surface area contributed by atoms with Gasteiger partial charge in [0.1, 0.15) is 5.82 Å². The van der Waals surface area contributed by atoms with Crippen molar-refractivity contribution in [2.24, 2.45) is 0 Å². The van der Waals surface area contributed by atoms with Gasteiger partial charge in [-0.25, -0.2) is 8.78 Å². The number of nitrogens with zero attached hydrogens (tertiary/aromatic N) is 4. The highest BCUT2D eigenvalue weighted by Gasteiger charge is 2.21. The number of benzene rings is 2. The largest absolute Gasteiger partial charge is 0.491 e. The highest BCUT2D eigenvalue weighted by Crippen LogP contribution is 2.19. The van der Waals surface area contributed by atoms with Gasteiger partial charge in [0.15, 0.2) is 11.6 Å². The summed E-state index contributed by atoms with van der Waals surface area (Å²) >= 11 is 0. The number of aromatic nitrogens is 2. The molecule has 35 heavy (non-hydrogen) atoms. The molecule has 1 aliphatic heterocycles. The van der Waals surface area contributed by atoms with Gasteiger partial charge in [0.25, 0.3) is 0 Å². The molecular weight excluding hydrogens is 454 g/mol. The van der Waals surface area contributed by atoms with Gasteiger partial charge in [-0.1, -0.05) is 35.0 Å². The van der Waals surface area contributed by atoms with Crippen LogP contribution in [0.1, 0.15) is 30.7 Å². The van der Waals surface area contributed by atoms with E-state index in [9.17, 15) is 13.6 Å². The molecule has 0 N–H and O–H groups in total. The van der Waals surface area contributed by atoms with Crippen LogP contribution in [0.4, 0.5) is 8.78 Å². The number of amides is 1. The number of carbonyl (C=O) groups is 1. The van der Waals surface area contributed by atoms with Gasteiger partial charge in [-0.2, -0.15) is 4.98 Å². The molecule has 9 heteroatoms. The molecule has 1 amide bonds. The van der Waals surface area contributed by atoms with E-state index < -0.39 is 11.6 Å². The first-order chi connectivity index (χ1) is 17.0. The van der Waals surface area contributed by atoms with E-state index in [1.165, 1.54) is 11.6 Å². The van der Waals surface area contributed by atoms with Crippen LogP contribution in [0.25, 0.3) is 11.4 Å². The van der Waals surface area contributed by atoms with E-state index in [2.05, 4.69) is 15.0 Å². The number of hydrogen-bond donors (Lipinski definition) is 0. The molecule has 1 saturated heterocycles. The minimum atomic E-state index is -0.738. The number of aryl methyl sites for hydroxylation is 2. The summed E-state index contributed by atoms with van der Waals surface area (Å²) in [5.74, 6) is -0.0662. The van der Waals surface area contributed by atoms with Crippen LogP contribution in [0.5, 0.6) is 5.75 Å². The second kappa shape index (κ2) is 11.9. The first kappa shape index (κ1) is 24.8. The summed E-state index contributed by atoms with van der Waals surface area (Å²) in [5, 5.41) is 4.08. The normalized spacial score (nSPS) is 14.3. The Morgan fingerprint density at radius 1 is 1.06 bits per heavy atom. The molecule has 0 bridgehead atoms. The average Bonchev–Trinajstić information content (AvgIpc) is 3.32. The molecule has 3 aromatic rings. The minimum Gasteiger partial charge on any atom is -0.491 e. The summed E-state index contributed by atoms with van der Waals surface area (Å²) in [6.07, 6.45) is 2.43. The van der Waals surface area contributed by atoms with Gasteiger partial charge in [-0.05, 0) is 38.4 Å². The van der Waals surface area contributed by atoms with Crippen LogP contribution in [-0.2, 0) is 11.2 Å². The fourth-order valence-electron chi connectivity index (χ4n) is 4.01. The lowest BCUT2D eigenvalue weighted by atomic mass is 10.1. The van der Waals surface area contributed by atoms with E-state index >= 15 is 0 Å². The van der Waals surface area contributed by atoms with E-state index in [1.807, 2.05) is 36.1 Å². The maximum Gasteiger partial charge on any atom is 0.227 e. The Morgan fingerprint density at radius 2 is 1.83 bits per heavy atom. The third kappa shape index (κ3) is 7.08. The Balaban J connectivity index is 1.10. The van der Waals surface area contributed by atoms with Crippen LogP contribution in [0.3, 0.4) is 0 Å². The van der Waals surface area contributed by atoms with Crippen molar-refractivity contribution in [3.63, 3.8) is 0 Å². The molecule has 1 fully saturated rings. The van der Waals surface area contributed by atoms with Crippen molar-refractivity contribution >= 4 is 5.91 Å². The number of halogens is 2. The van der Waals surface area contributed by atoms with Crippen LogP contribution in [0, 0.1) is 18.6 Å². The summed E-state index contributed by atoms with van der Waals surface area (Å²) in [5.41, 5.74) is 2.13. The van der Waals surface area contributed by atoms with Crippen molar-refractivity contribution in [1.82, 2.24) is 19.9 Å². The van der Waals surface area contributed by atoms with Gasteiger partial charge in [0, 0.05) is 50.7 Å². The molecule has 1 aromatic heterocycles. The van der Waals surface area contributed by atoms with Gasteiger partial charge in [0.05, 0.1) is 6.61 Å². The van der Waals surface area contributed by atoms with E-state index in [4.69, 9.17) is 9.26 Å². The zero-order chi connectivity index (χ0) is 24.6. The highest BCUT2D eigenvalue weighted by atomic mass is 19.1. The number of hydrogen-bond acceptors (Lipinski definition) is 6. The van der Waals surface area contributed by atoms with Crippen molar-refractivity contribution < 1.29 is 22.8 Å². The molecule has 1 aliphatic rings. The zero-order valence-corrected chi connectivity index (χ0v) is 19.9. The predicted octanol–water partition coefficient (Wildman–Crippen LogP) is 4.26. The Labute approximate surface area is 203 Å². The lowest BCUT2D eigenvalue weighted by molar-refractivity contribution is -0.133. The molecule has 4 rings (SSSR count). The van der Waals surface area contributed by atoms with E-state index in [0.717, 1.165) is 43.8 Å². The van der Waals surface area contributed by atoms with Gasteiger partial charge >= 0.3 is 0 Å². The van der Waals surface area contributed by atoms with Crippen molar-refractivity contribution in [3.05, 3.63) is 65.6 Å². The number of piperazine rings is 1. The van der Waals surface area contributed by atoms with Crippen molar-refractivity contribution in [2.45, 2.75) is 32.6 Å². The first-order valence-corrected chi connectivity index (χ1v) is 12.0. The highest BCUT2D eigenvalue weighted by molar-refractivity contribution is 5.76. The summed E-state index contributed by atoms with van der Waals surface area (Å²) < 4.78 is 37.2. The predicted molar refractivity (Wildman–Crippen MR) is 127 cm³/mol. The topological polar surface area (TPSA) is 71.7 Å². The van der Waals surface area contributed by atoms with Crippen LogP contribution < -0.4 is 4.74 Å². The molecule has 0 spiro atoms. The van der Waals surface area contributed by atoms with Gasteiger partial charge in [-0.15, -0.1) is 0 Å². The van der Waals surface area contributed by atoms with Crippen molar-refractivity contribution in [1.29, 1.82) is 0 Å². The SMILES string of the molecule is Cc1ccc(-c2noc(CCCN3CCN(C(=O)CCCOc4ccc(F)cc4F)CC3)n2)cc1. The molecule has 2 aromatic carbocycles. The molecule has 2 heterocycles. The quantitative estimate of drug-likeness (QED) is 0.401. The third-order valence-electron chi connectivity index (χ3n) is 6.05. The number of rotatable bonds is 10. The average molecular weight is 485 g/mol. The Bertz CT molecular complexity index is 1110. The van der Waals surface area contributed by atoms with Crippen LogP contribution in [-0.4, -0.2) is 65.2 Å². The molecule has 0 aliphatic carbocycles. The summed E-state index contributed by atoms with van der Waals surface area (Å²) in [6, 6.07) is 11.2. The number of carbonyl (C=O) groups excluding carboxylic acids is 1. The lowest BCUT2D eigenvalue weighted by Crippen LogP contribution is -2.48. The molecule has 0 saturated carbocycles. The van der Waals surface area contributed by atoms with Gasteiger partial charge < -0.3 is 14.2 Å². The second-order valence-corrected chi connectivity index (χ2v) is 8.73. The Kier molecular flexibility index (Phi) is 8.41. The van der Waals surface area contributed by atoms with Crippen LogP contribution >= 0.6 is 0 Å². The zero-order valence-electron chi connectivity index (χ0n) is 19.9. The maximum absolute atomic E-state index is 13.6. The van der Waals surface area contributed by atoms with Crippen LogP contribution in [0.15, 0.2) is 47.0 Å². The minimum absolute atomic E-state index is 0.000587. The van der Waals surface area contributed by atoms with E-state index in [-0.39, 0.29) is 18.3 Å². The molecule has 0 atom stereocenters. The molecule has 186 valence electrons.